The standard InChI is InChI=1S/C10H13NO4S/c1-7(10(11)12)16(13,14)9-5-3-4-8(6-9)15-2/h3-7H,1-2H3,(H2,11,12)/t7-/m0/s1. The van der Waals surface area contributed by atoms with Crippen LogP contribution < -0.4 is 10.5 Å². The van der Waals surface area contributed by atoms with Gasteiger partial charge in [0.15, 0.2) is 9.84 Å². The number of primary amides is 1. The zero-order chi connectivity index (χ0) is 12.3. The molecule has 0 aliphatic heterocycles. The minimum Gasteiger partial charge on any atom is -0.497 e. The van der Waals surface area contributed by atoms with Crippen LogP contribution in [0.15, 0.2) is 29.2 Å². The van der Waals surface area contributed by atoms with Crippen LogP contribution >= 0.6 is 0 Å². The number of hydrogen-bond donors (Lipinski definition) is 1. The van der Waals surface area contributed by atoms with Gasteiger partial charge in [0.25, 0.3) is 0 Å². The Hall–Kier alpha value is -1.56. The molecule has 5 nitrogen and oxygen atoms in total. The summed E-state index contributed by atoms with van der Waals surface area (Å²) in [7, 11) is -2.29. The number of methoxy groups -OCH3 is 1. The van der Waals surface area contributed by atoms with Gasteiger partial charge in [-0.25, -0.2) is 8.42 Å². The van der Waals surface area contributed by atoms with Gasteiger partial charge >= 0.3 is 0 Å². The molecule has 1 aromatic rings. The van der Waals surface area contributed by atoms with E-state index >= 15 is 0 Å². The molecule has 0 spiro atoms. The fourth-order valence-corrected chi connectivity index (χ4v) is 2.40. The van der Waals surface area contributed by atoms with Crippen molar-refractivity contribution in [1.82, 2.24) is 0 Å². The zero-order valence-electron chi connectivity index (χ0n) is 9.01. The van der Waals surface area contributed by atoms with Crippen molar-refractivity contribution in [3.63, 3.8) is 0 Å². The fraction of sp³-hybridized carbons (Fsp3) is 0.300. The van der Waals surface area contributed by atoms with E-state index in [1.807, 2.05) is 0 Å². The number of carbonyl (C=O) groups is 1. The summed E-state index contributed by atoms with van der Waals surface area (Å²) >= 11 is 0. The van der Waals surface area contributed by atoms with Crippen LogP contribution in [-0.4, -0.2) is 26.7 Å². The molecule has 1 atom stereocenters. The first kappa shape index (κ1) is 12.5. The van der Waals surface area contributed by atoms with Crippen LogP contribution in [0.3, 0.4) is 0 Å². The van der Waals surface area contributed by atoms with Crippen molar-refractivity contribution in [3.05, 3.63) is 24.3 Å². The third-order valence-corrected chi connectivity index (χ3v) is 4.31. The minimum absolute atomic E-state index is 0.0261. The van der Waals surface area contributed by atoms with Gasteiger partial charge in [-0.15, -0.1) is 0 Å². The molecule has 1 amide bonds. The molecule has 16 heavy (non-hydrogen) atoms. The van der Waals surface area contributed by atoms with Gasteiger partial charge in [0.1, 0.15) is 11.0 Å². The summed E-state index contributed by atoms with van der Waals surface area (Å²) in [4.78, 5) is 10.9. The van der Waals surface area contributed by atoms with E-state index in [2.05, 4.69) is 0 Å². The first-order valence-electron chi connectivity index (χ1n) is 4.57. The molecule has 1 aromatic carbocycles. The summed E-state index contributed by atoms with van der Waals surface area (Å²) in [6.07, 6.45) is 0. The number of amides is 1. The highest BCUT2D eigenvalue weighted by molar-refractivity contribution is 7.92. The molecule has 1 rings (SSSR count). The van der Waals surface area contributed by atoms with Crippen molar-refractivity contribution >= 4 is 15.7 Å². The normalized spacial score (nSPS) is 13.1. The molecule has 0 aliphatic carbocycles. The van der Waals surface area contributed by atoms with Crippen molar-refractivity contribution in [1.29, 1.82) is 0 Å². The second kappa shape index (κ2) is 4.52. The van der Waals surface area contributed by atoms with Crippen LogP contribution in [0.25, 0.3) is 0 Å². The van der Waals surface area contributed by atoms with Crippen LogP contribution in [0.4, 0.5) is 0 Å². The lowest BCUT2D eigenvalue weighted by Crippen LogP contribution is -2.33. The van der Waals surface area contributed by atoms with E-state index in [4.69, 9.17) is 10.5 Å². The summed E-state index contributed by atoms with van der Waals surface area (Å²) in [5.74, 6) is -0.458. The zero-order valence-corrected chi connectivity index (χ0v) is 9.82. The Morgan fingerprint density at radius 3 is 2.56 bits per heavy atom. The topological polar surface area (TPSA) is 86.5 Å². The summed E-state index contributed by atoms with van der Waals surface area (Å²) < 4.78 is 28.7. The molecule has 6 heteroatoms. The lowest BCUT2D eigenvalue weighted by Gasteiger charge is -2.10. The third-order valence-electron chi connectivity index (χ3n) is 2.24. The van der Waals surface area contributed by atoms with Crippen molar-refractivity contribution in [3.8, 4) is 5.75 Å². The highest BCUT2D eigenvalue weighted by atomic mass is 32.2. The maximum atomic E-state index is 11.9. The molecule has 0 aromatic heterocycles. The molecule has 0 saturated heterocycles. The van der Waals surface area contributed by atoms with Crippen molar-refractivity contribution in [2.75, 3.05) is 7.11 Å². The SMILES string of the molecule is COc1cccc(S(=O)(=O)[C@@H](C)C(N)=O)c1. The lowest BCUT2D eigenvalue weighted by molar-refractivity contribution is -0.117. The molecule has 0 saturated carbocycles. The van der Waals surface area contributed by atoms with Crippen LogP contribution in [0.5, 0.6) is 5.75 Å². The monoisotopic (exact) mass is 243 g/mol. The van der Waals surface area contributed by atoms with Gasteiger partial charge in [-0.2, -0.15) is 0 Å². The Morgan fingerprint density at radius 1 is 1.44 bits per heavy atom. The van der Waals surface area contributed by atoms with Gasteiger partial charge in [0, 0.05) is 0 Å². The highest BCUT2D eigenvalue weighted by Crippen LogP contribution is 2.20. The first-order chi connectivity index (χ1) is 7.39. The Labute approximate surface area is 94.1 Å². The predicted molar refractivity (Wildman–Crippen MR) is 58.8 cm³/mol. The molecule has 0 heterocycles. The molecule has 0 fully saturated rings. The number of benzene rings is 1. The smallest absolute Gasteiger partial charge is 0.235 e. The number of rotatable bonds is 4. The number of nitrogens with two attached hydrogens (primary N) is 1. The second-order valence-corrected chi connectivity index (χ2v) is 5.54. The van der Waals surface area contributed by atoms with Crippen LogP contribution in [0, 0.1) is 0 Å². The molecular weight excluding hydrogens is 230 g/mol. The second-order valence-electron chi connectivity index (χ2n) is 3.27. The van der Waals surface area contributed by atoms with Crippen molar-refractivity contribution in [2.45, 2.75) is 17.1 Å². The lowest BCUT2D eigenvalue weighted by atomic mass is 10.3. The molecule has 2 N–H and O–H groups in total. The number of carbonyl (C=O) groups excluding carboxylic acids is 1. The Morgan fingerprint density at radius 2 is 2.06 bits per heavy atom. The summed E-state index contributed by atoms with van der Waals surface area (Å²) in [5.41, 5.74) is 4.98. The minimum atomic E-state index is -3.73. The van der Waals surface area contributed by atoms with Crippen LogP contribution in [0.1, 0.15) is 6.92 Å². The number of sulfone groups is 1. The Balaban J connectivity index is 3.22. The molecule has 0 aliphatic rings. The van der Waals surface area contributed by atoms with Crippen LogP contribution in [-0.2, 0) is 14.6 Å². The van der Waals surface area contributed by atoms with E-state index < -0.39 is 21.0 Å². The first-order valence-corrected chi connectivity index (χ1v) is 6.11. The van der Waals surface area contributed by atoms with Crippen LogP contribution in [0.2, 0.25) is 0 Å². The van der Waals surface area contributed by atoms with Gasteiger partial charge < -0.3 is 10.5 Å². The van der Waals surface area contributed by atoms with E-state index in [0.717, 1.165) is 0 Å². The van der Waals surface area contributed by atoms with E-state index in [0.29, 0.717) is 5.75 Å². The largest absolute Gasteiger partial charge is 0.497 e. The van der Waals surface area contributed by atoms with E-state index in [-0.39, 0.29) is 4.90 Å². The summed E-state index contributed by atoms with van der Waals surface area (Å²) in [5, 5.41) is -1.25. The van der Waals surface area contributed by atoms with Gasteiger partial charge in [0.05, 0.1) is 12.0 Å². The van der Waals surface area contributed by atoms with Crippen molar-refractivity contribution in [2.24, 2.45) is 5.73 Å². The van der Waals surface area contributed by atoms with E-state index in [9.17, 15) is 13.2 Å². The molecule has 88 valence electrons. The average Bonchev–Trinajstić information content (AvgIpc) is 2.27. The quantitative estimate of drug-likeness (QED) is 0.826. The summed E-state index contributed by atoms with van der Waals surface area (Å²) in [6, 6.07) is 5.92. The molecule has 0 bridgehead atoms. The van der Waals surface area contributed by atoms with E-state index in [1.54, 1.807) is 12.1 Å². The van der Waals surface area contributed by atoms with Gasteiger partial charge in [0.2, 0.25) is 5.91 Å². The van der Waals surface area contributed by atoms with E-state index in [1.165, 1.54) is 26.2 Å². The van der Waals surface area contributed by atoms with Gasteiger partial charge in [-0.1, -0.05) is 6.07 Å². The van der Waals surface area contributed by atoms with Gasteiger partial charge in [-0.05, 0) is 25.1 Å². The maximum Gasteiger partial charge on any atom is 0.235 e. The Kier molecular flexibility index (Phi) is 3.54. The molecule has 0 unspecified atom stereocenters. The van der Waals surface area contributed by atoms with Crippen molar-refractivity contribution < 1.29 is 17.9 Å². The Bertz CT molecular complexity index is 495. The third kappa shape index (κ3) is 2.33. The summed E-state index contributed by atoms with van der Waals surface area (Å²) in [6.45, 7) is 1.26. The van der Waals surface area contributed by atoms with Gasteiger partial charge in [-0.3, -0.25) is 4.79 Å². The fourth-order valence-electron chi connectivity index (χ4n) is 1.14. The predicted octanol–water partition coefficient (Wildman–Crippen LogP) is 0.343. The highest BCUT2D eigenvalue weighted by Gasteiger charge is 2.28. The molecule has 0 radical (unpaired) electrons. The average molecular weight is 243 g/mol. The maximum absolute atomic E-state index is 11.9. The number of hydrogen-bond acceptors (Lipinski definition) is 4. The molecular formula is C10H13NO4S. The number of ether oxygens (including phenoxy) is 1.